The summed E-state index contributed by atoms with van der Waals surface area (Å²) in [6.07, 6.45) is 1.62. The van der Waals surface area contributed by atoms with Gasteiger partial charge in [0.15, 0.2) is 5.84 Å². The number of benzene rings is 1. The molecule has 0 aliphatic rings. The Morgan fingerprint density at radius 3 is 2.90 bits per heavy atom. The van der Waals surface area contributed by atoms with Gasteiger partial charge in [0, 0.05) is 6.20 Å². The van der Waals surface area contributed by atoms with E-state index in [4.69, 9.17) is 20.4 Å². The normalized spacial score (nSPS) is 11.2. The van der Waals surface area contributed by atoms with E-state index < -0.39 is 0 Å². The van der Waals surface area contributed by atoms with Gasteiger partial charge in [-0.15, -0.1) is 0 Å². The molecule has 2 aromatic rings. The van der Waals surface area contributed by atoms with Crippen LogP contribution in [0.3, 0.4) is 0 Å². The Bertz CT molecular complexity index is 656. The molecule has 0 spiro atoms. The zero-order chi connectivity index (χ0) is 15.2. The summed E-state index contributed by atoms with van der Waals surface area (Å²) in [5.74, 6) is 1.05. The molecule has 0 aliphatic heterocycles. The Hall–Kier alpha value is -2.76. The van der Waals surface area contributed by atoms with E-state index in [1.54, 1.807) is 19.4 Å². The molecular formula is C15H17N3O3. The number of aryl methyl sites for hydroxylation is 1. The molecule has 110 valence electrons. The molecule has 0 fully saturated rings. The van der Waals surface area contributed by atoms with Gasteiger partial charge in [0.25, 0.3) is 0 Å². The summed E-state index contributed by atoms with van der Waals surface area (Å²) in [5.41, 5.74) is 7.91. The maximum Gasteiger partial charge on any atom is 0.225 e. The van der Waals surface area contributed by atoms with E-state index in [1.165, 1.54) is 0 Å². The number of oxime groups is 1. The lowest BCUT2D eigenvalue weighted by Gasteiger charge is -2.12. The van der Waals surface area contributed by atoms with Crippen LogP contribution < -0.4 is 15.2 Å². The van der Waals surface area contributed by atoms with Crippen molar-refractivity contribution in [2.24, 2.45) is 10.9 Å². The smallest absolute Gasteiger partial charge is 0.225 e. The Morgan fingerprint density at radius 2 is 2.19 bits per heavy atom. The minimum absolute atomic E-state index is 0.0266. The highest BCUT2D eigenvalue weighted by atomic mass is 16.5. The lowest BCUT2D eigenvalue weighted by molar-refractivity contribution is 0.290. The fourth-order valence-corrected chi connectivity index (χ4v) is 1.92. The van der Waals surface area contributed by atoms with E-state index in [0.717, 1.165) is 16.9 Å². The molecule has 1 heterocycles. The van der Waals surface area contributed by atoms with Crippen LogP contribution in [0.5, 0.6) is 11.6 Å². The number of nitrogens with two attached hydrogens (primary N) is 1. The van der Waals surface area contributed by atoms with Crippen LogP contribution in [-0.4, -0.2) is 23.1 Å². The summed E-state index contributed by atoms with van der Waals surface area (Å²) < 4.78 is 10.8. The molecule has 0 amide bonds. The average molecular weight is 287 g/mol. The van der Waals surface area contributed by atoms with E-state index in [1.807, 2.05) is 31.2 Å². The predicted octanol–water partition coefficient (Wildman–Crippen LogP) is 2.07. The van der Waals surface area contributed by atoms with E-state index in [9.17, 15) is 0 Å². The van der Waals surface area contributed by atoms with Crippen LogP contribution in [0, 0.1) is 6.92 Å². The van der Waals surface area contributed by atoms with E-state index in [-0.39, 0.29) is 5.84 Å². The first kappa shape index (κ1) is 14.6. The van der Waals surface area contributed by atoms with E-state index in [0.29, 0.717) is 18.1 Å². The first-order valence-electron chi connectivity index (χ1n) is 6.35. The second-order valence-corrected chi connectivity index (χ2v) is 4.43. The number of nitrogens with zero attached hydrogens (tertiary/aromatic N) is 2. The summed E-state index contributed by atoms with van der Waals surface area (Å²) in [6, 6.07) is 9.30. The van der Waals surface area contributed by atoms with Crippen molar-refractivity contribution < 1.29 is 14.7 Å². The van der Waals surface area contributed by atoms with Crippen LogP contribution in [0.4, 0.5) is 0 Å². The minimum Gasteiger partial charge on any atom is -0.497 e. The highest BCUT2D eigenvalue weighted by Crippen LogP contribution is 2.21. The molecule has 21 heavy (non-hydrogen) atoms. The van der Waals surface area contributed by atoms with Gasteiger partial charge in [0.05, 0.1) is 12.7 Å². The highest BCUT2D eigenvalue weighted by Gasteiger charge is 2.13. The standard InChI is InChI=1S/C15H17N3O3/c1-10-6-7-17-15(13(10)14(16)18-19)21-9-11-4-3-5-12(8-11)20-2/h3-8,19H,9H2,1-2H3,(H2,16,18). The molecule has 1 aromatic heterocycles. The van der Waals surface area contributed by atoms with Gasteiger partial charge in [-0.05, 0) is 36.2 Å². The van der Waals surface area contributed by atoms with Gasteiger partial charge in [0.2, 0.25) is 5.88 Å². The third-order valence-electron chi connectivity index (χ3n) is 3.00. The van der Waals surface area contributed by atoms with Crippen molar-refractivity contribution in [2.45, 2.75) is 13.5 Å². The zero-order valence-corrected chi connectivity index (χ0v) is 11.9. The number of methoxy groups -OCH3 is 1. The van der Waals surface area contributed by atoms with Crippen molar-refractivity contribution in [1.29, 1.82) is 0 Å². The monoisotopic (exact) mass is 287 g/mol. The van der Waals surface area contributed by atoms with Gasteiger partial charge in [-0.25, -0.2) is 4.98 Å². The molecule has 0 saturated heterocycles. The third kappa shape index (κ3) is 3.42. The molecule has 0 saturated carbocycles. The second kappa shape index (κ2) is 6.60. The first-order chi connectivity index (χ1) is 10.2. The van der Waals surface area contributed by atoms with Gasteiger partial charge in [-0.2, -0.15) is 0 Å². The van der Waals surface area contributed by atoms with Crippen molar-refractivity contribution in [1.82, 2.24) is 4.98 Å². The summed E-state index contributed by atoms with van der Waals surface area (Å²) in [6.45, 7) is 2.15. The molecule has 1 aromatic carbocycles. The van der Waals surface area contributed by atoms with Crippen molar-refractivity contribution in [3.8, 4) is 11.6 Å². The lowest BCUT2D eigenvalue weighted by atomic mass is 10.1. The summed E-state index contributed by atoms with van der Waals surface area (Å²) in [4.78, 5) is 4.14. The largest absolute Gasteiger partial charge is 0.497 e. The van der Waals surface area contributed by atoms with Crippen molar-refractivity contribution in [3.63, 3.8) is 0 Å². The van der Waals surface area contributed by atoms with E-state index in [2.05, 4.69) is 10.1 Å². The van der Waals surface area contributed by atoms with Crippen LogP contribution in [0.2, 0.25) is 0 Å². The molecule has 6 nitrogen and oxygen atoms in total. The van der Waals surface area contributed by atoms with Gasteiger partial charge >= 0.3 is 0 Å². The molecule has 0 radical (unpaired) electrons. The Labute approximate surface area is 122 Å². The molecule has 0 bridgehead atoms. The number of hydrogen-bond acceptors (Lipinski definition) is 5. The number of amidine groups is 1. The summed E-state index contributed by atoms with van der Waals surface area (Å²) in [7, 11) is 1.61. The summed E-state index contributed by atoms with van der Waals surface area (Å²) in [5, 5.41) is 11.9. The van der Waals surface area contributed by atoms with Gasteiger partial charge in [-0.1, -0.05) is 17.3 Å². The molecule has 0 atom stereocenters. The molecular weight excluding hydrogens is 270 g/mol. The van der Waals surface area contributed by atoms with Crippen molar-refractivity contribution in [3.05, 3.63) is 53.2 Å². The quantitative estimate of drug-likeness (QED) is 0.380. The molecule has 6 heteroatoms. The van der Waals surface area contributed by atoms with Gasteiger partial charge < -0.3 is 20.4 Å². The zero-order valence-electron chi connectivity index (χ0n) is 11.9. The number of hydrogen-bond donors (Lipinski definition) is 2. The van der Waals surface area contributed by atoms with E-state index >= 15 is 0 Å². The van der Waals surface area contributed by atoms with Gasteiger partial charge in [0.1, 0.15) is 12.4 Å². The van der Waals surface area contributed by atoms with Crippen molar-refractivity contribution >= 4 is 5.84 Å². The number of pyridine rings is 1. The first-order valence-corrected chi connectivity index (χ1v) is 6.35. The van der Waals surface area contributed by atoms with Gasteiger partial charge in [-0.3, -0.25) is 0 Å². The fraction of sp³-hybridized carbons (Fsp3) is 0.200. The third-order valence-corrected chi connectivity index (χ3v) is 3.00. The van der Waals surface area contributed by atoms with Crippen LogP contribution in [0.15, 0.2) is 41.7 Å². The lowest BCUT2D eigenvalue weighted by Crippen LogP contribution is -2.17. The Morgan fingerprint density at radius 1 is 1.38 bits per heavy atom. The Balaban J connectivity index is 2.22. The molecule has 0 unspecified atom stereocenters. The number of aromatic nitrogens is 1. The van der Waals surface area contributed by atoms with Crippen LogP contribution >= 0.6 is 0 Å². The van der Waals surface area contributed by atoms with Crippen LogP contribution in [-0.2, 0) is 6.61 Å². The number of rotatable bonds is 5. The molecule has 2 rings (SSSR count). The van der Waals surface area contributed by atoms with Crippen molar-refractivity contribution in [2.75, 3.05) is 7.11 Å². The second-order valence-electron chi connectivity index (χ2n) is 4.43. The number of ether oxygens (including phenoxy) is 2. The fourth-order valence-electron chi connectivity index (χ4n) is 1.92. The predicted molar refractivity (Wildman–Crippen MR) is 78.8 cm³/mol. The topological polar surface area (TPSA) is 90.0 Å². The highest BCUT2D eigenvalue weighted by molar-refractivity contribution is 6.00. The average Bonchev–Trinajstić information content (AvgIpc) is 2.52. The minimum atomic E-state index is -0.0266. The van der Waals surface area contributed by atoms with Crippen LogP contribution in [0.1, 0.15) is 16.7 Å². The molecule has 0 aliphatic carbocycles. The van der Waals surface area contributed by atoms with Crippen LogP contribution in [0.25, 0.3) is 0 Å². The summed E-state index contributed by atoms with van der Waals surface area (Å²) >= 11 is 0. The maximum absolute atomic E-state index is 8.85. The Kier molecular flexibility index (Phi) is 4.61. The SMILES string of the molecule is COc1cccc(COc2nccc(C)c2/C(N)=N/O)c1. The maximum atomic E-state index is 8.85. The molecule has 3 N–H and O–H groups in total.